The van der Waals surface area contributed by atoms with Crippen molar-refractivity contribution in [2.75, 3.05) is 13.2 Å². The maximum absolute atomic E-state index is 11.9. The number of aryl methyl sites for hydroxylation is 1. The van der Waals surface area contributed by atoms with Crippen LogP contribution in [0.5, 0.6) is 5.75 Å². The van der Waals surface area contributed by atoms with Crippen molar-refractivity contribution in [2.45, 2.75) is 25.9 Å². The van der Waals surface area contributed by atoms with Crippen molar-refractivity contribution >= 4 is 5.91 Å². The minimum Gasteiger partial charge on any atom is -0.494 e. The van der Waals surface area contributed by atoms with Crippen molar-refractivity contribution < 1.29 is 19.1 Å². The van der Waals surface area contributed by atoms with E-state index in [0.29, 0.717) is 25.2 Å². The Balaban J connectivity index is 1.78. The smallest absolute Gasteiger partial charge is 0.220 e. The molecule has 1 aromatic heterocycles. The van der Waals surface area contributed by atoms with E-state index < -0.39 is 6.10 Å². The summed E-state index contributed by atoms with van der Waals surface area (Å²) in [7, 11) is 0. The molecule has 0 radical (unpaired) electrons. The first-order chi connectivity index (χ1) is 10.7. The van der Waals surface area contributed by atoms with Crippen LogP contribution < -0.4 is 10.1 Å². The van der Waals surface area contributed by atoms with E-state index in [1.54, 1.807) is 12.1 Å². The lowest BCUT2D eigenvalue weighted by atomic mass is 10.1. The Labute approximate surface area is 129 Å². The SMILES string of the molecule is CCOc1ccccc1CCC(=O)NCC(O)c1ccco1. The van der Waals surface area contributed by atoms with Gasteiger partial charge in [0.15, 0.2) is 0 Å². The van der Waals surface area contributed by atoms with E-state index >= 15 is 0 Å². The second-order valence-corrected chi connectivity index (χ2v) is 4.88. The fourth-order valence-corrected chi connectivity index (χ4v) is 2.14. The highest BCUT2D eigenvalue weighted by Gasteiger charge is 2.12. The molecule has 0 aliphatic rings. The van der Waals surface area contributed by atoms with Crippen LogP contribution in [-0.2, 0) is 11.2 Å². The number of carbonyl (C=O) groups is 1. The number of nitrogens with one attached hydrogen (secondary N) is 1. The quantitative estimate of drug-likeness (QED) is 0.786. The van der Waals surface area contributed by atoms with Gasteiger partial charge in [-0.1, -0.05) is 18.2 Å². The summed E-state index contributed by atoms with van der Waals surface area (Å²) >= 11 is 0. The summed E-state index contributed by atoms with van der Waals surface area (Å²) in [5.74, 6) is 1.15. The molecular formula is C17H21NO4. The topological polar surface area (TPSA) is 71.7 Å². The van der Waals surface area contributed by atoms with Crippen LogP contribution in [0.4, 0.5) is 0 Å². The minimum absolute atomic E-state index is 0.114. The number of hydrogen-bond donors (Lipinski definition) is 2. The molecule has 0 saturated carbocycles. The molecule has 1 atom stereocenters. The summed E-state index contributed by atoms with van der Waals surface area (Å²) in [6.45, 7) is 2.66. The molecule has 5 nitrogen and oxygen atoms in total. The van der Waals surface area contributed by atoms with Crippen LogP contribution in [0.2, 0.25) is 0 Å². The Bertz CT molecular complexity index is 580. The van der Waals surface area contributed by atoms with Crippen molar-refractivity contribution in [3.05, 3.63) is 54.0 Å². The summed E-state index contributed by atoms with van der Waals surface area (Å²) in [5.41, 5.74) is 1.01. The van der Waals surface area contributed by atoms with Gasteiger partial charge in [0.05, 0.1) is 19.4 Å². The highest BCUT2D eigenvalue weighted by molar-refractivity contribution is 5.76. The van der Waals surface area contributed by atoms with Crippen LogP contribution in [0.3, 0.4) is 0 Å². The molecule has 5 heteroatoms. The molecule has 0 bridgehead atoms. The molecule has 1 aromatic carbocycles. The van der Waals surface area contributed by atoms with E-state index in [-0.39, 0.29) is 12.5 Å². The summed E-state index contributed by atoms with van der Waals surface area (Å²) in [4.78, 5) is 11.9. The van der Waals surface area contributed by atoms with Gasteiger partial charge in [-0.05, 0) is 37.1 Å². The fourth-order valence-electron chi connectivity index (χ4n) is 2.14. The zero-order valence-electron chi connectivity index (χ0n) is 12.6. The molecule has 0 fully saturated rings. The van der Waals surface area contributed by atoms with Crippen LogP contribution in [0, 0.1) is 0 Å². The van der Waals surface area contributed by atoms with Crippen LogP contribution in [0.1, 0.15) is 30.8 Å². The number of aliphatic hydroxyl groups is 1. The zero-order valence-corrected chi connectivity index (χ0v) is 12.6. The van der Waals surface area contributed by atoms with E-state index in [0.717, 1.165) is 11.3 Å². The molecule has 2 N–H and O–H groups in total. The summed E-state index contributed by atoms with van der Waals surface area (Å²) in [6, 6.07) is 11.1. The molecule has 0 spiro atoms. The third-order valence-corrected chi connectivity index (χ3v) is 3.26. The fraction of sp³-hybridized carbons (Fsp3) is 0.353. The number of carbonyl (C=O) groups excluding carboxylic acids is 1. The molecule has 0 saturated heterocycles. The number of benzene rings is 1. The first-order valence-electron chi connectivity index (χ1n) is 7.39. The van der Waals surface area contributed by atoms with Gasteiger partial charge in [-0.2, -0.15) is 0 Å². The second-order valence-electron chi connectivity index (χ2n) is 4.88. The van der Waals surface area contributed by atoms with E-state index in [9.17, 15) is 9.90 Å². The third-order valence-electron chi connectivity index (χ3n) is 3.26. The van der Waals surface area contributed by atoms with Gasteiger partial charge in [0, 0.05) is 6.42 Å². The zero-order chi connectivity index (χ0) is 15.8. The predicted molar refractivity (Wildman–Crippen MR) is 82.6 cm³/mol. The Morgan fingerprint density at radius 1 is 1.32 bits per heavy atom. The van der Waals surface area contributed by atoms with E-state index in [1.165, 1.54) is 6.26 Å². The van der Waals surface area contributed by atoms with Gasteiger partial charge in [0.2, 0.25) is 5.91 Å². The van der Waals surface area contributed by atoms with E-state index in [2.05, 4.69) is 5.32 Å². The number of rotatable bonds is 8. The molecule has 0 aliphatic carbocycles. The van der Waals surface area contributed by atoms with E-state index in [4.69, 9.17) is 9.15 Å². The minimum atomic E-state index is -0.824. The lowest BCUT2D eigenvalue weighted by Gasteiger charge is -2.11. The van der Waals surface area contributed by atoms with Gasteiger partial charge in [-0.3, -0.25) is 4.79 Å². The van der Waals surface area contributed by atoms with Gasteiger partial charge in [-0.25, -0.2) is 0 Å². The lowest BCUT2D eigenvalue weighted by Crippen LogP contribution is -2.28. The number of aliphatic hydroxyl groups excluding tert-OH is 1. The van der Waals surface area contributed by atoms with Gasteiger partial charge in [0.1, 0.15) is 17.6 Å². The van der Waals surface area contributed by atoms with Crippen LogP contribution in [0.15, 0.2) is 47.1 Å². The molecular weight excluding hydrogens is 282 g/mol. The van der Waals surface area contributed by atoms with Gasteiger partial charge >= 0.3 is 0 Å². The van der Waals surface area contributed by atoms with Crippen molar-refractivity contribution in [1.82, 2.24) is 5.32 Å². The Kier molecular flexibility index (Phi) is 6.03. The summed E-state index contributed by atoms with van der Waals surface area (Å²) in [5, 5.41) is 12.5. The highest BCUT2D eigenvalue weighted by Crippen LogP contribution is 2.19. The Hall–Kier alpha value is -2.27. The largest absolute Gasteiger partial charge is 0.494 e. The second kappa shape index (κ2) is 8.24. The van der Waals surface area contributed by atoms with Crippen LogP contribution in [-0.4, -0.2) is 24.2 Å². The van der Waals surface area contributed by atoms with Gasteiger partial charge in [0.25, 0.3) is 0 Å². The summed E-state index contributed by atoms with van der Waals surface area (Å²) < 4.78 is 10.6. The van der Waals surface area contributed by atoms with Crippen LogP contribution >= 0.6 is 0 Å². The Morgan fingerprint density at radius 3 is 2.86 bits per heavy atom. The number of amides is 1. The molecule has 1 unspecified atom stereocenters. The number of para-hydroxylation sites is 1. The maximum Gasteiger partial charge on any atom is 0.220 e. The van der Waals surface area contributed by atoms with Crippen LogP contribution in [0.25, 0.3) is 0 Å². The lowest BCUT2D eigenvalue weighted by molar-refractivity contribution is -0.121. The molecule has 1 heterocycles. The highest BCUT2D eigenvalue weighted by atomic mass is 16.5. The molecule has 2 aromatic rings. The Morgan fingerprint density at radius 2 is 2.14 bits per heavy atom. The molecule has 22 heavy (non-hydrogen) atoms. The van der Waals surface area contributed by atoms with Crippen molar-refractivity contribution in [2.24, 2.45) is 0 Å². The van der Waals surface area contributed by atoms with Gasteiger partial charge in [-0.15, -0.1) is 0 Å². The predicted octanol–water partition coefficient (Wildman–Crippen LogP) is 2.46. The van der Waals surface area contributed by atoms with Crippen molar-refractivity contribution in [1.29, 1.82) is 0 Å². The first kappa shape index (κ1) is 16.1. The molecule has 118 valence electrons. The first-order valence-corrected chi connectivity index (χ1v) is 7.39. The third kappa shape index (κ3) is 4.63. The maximum atomic E-state index is 11.9. The standard InChI is InChI=1S/C17H21NO4/c1-2-21-15-7-4-3-6-13(15)9-10-17(20)18-12-14(19)16-8-5-11-22-16/h3-8,11,14,19H,2,9-10,12H2,1H3,(H,18,20). The van der Waals surface area contributed by atoms with Crippen molar-refractivity contribution in [3.63, 3.8) is 0 Å². The number of hydrogen-bond acceptors (Lipinski definition) is 4. The normalized spacial score (nSPS) is 11.9. The molecule has 0 aliphatic heterocycles. The monoisotopic (exact) mass is 303 g/mol. The molecule has 2 rings (SSSR count). The number of furan rings is 1. The van der Waals surface area contributed by atoms with Gasteiger partial charge < -0.3 is 19.6 Å². The summed E-state index contributed by atoms with van der Waals surface area (Å²) in [6.07, 6.45) is 1.61. The molecule has 1 amide bonds. The van der Waals surface area contributed by atoms with E-state index in [1.807, 2.05) is 31.2 Å². The average molecular weight is 303 g/mol. The average Bonchev–Trinajstić information content (AvgIpc) is 3.06. The number of ether oxygens (including phenoxy) is 1. The van der Waals surface area contributed by atoms with Crippen molar-refractivity contribution in [3.8, 4) is 5.75 Å².